The van der Waals surface area contributed by atoms with Crippen molar-refractivity contribution in [2.24, 2.45) is 0 Å². The summed E-state index contributed by atoms with van der Waals surface area (Å²) in [6.45, 7) is 10.9. The fraction of sp³-hybridized carbons (Fsp3) is 0.717. The number of hydrogen-bond donors (Lipinski definition) is 5. The van der Waals surface area contributed by atoms with Crippen LogP contribution in [0, 0.1) is 0 Å². The van der Waals surface area contributed by atoms with E-state index in [0.29, 0.717) is 11.8 Å². The molecule has 0 aliphatic carbocycles. The van der Waals surface area contributed by atoms with Crippen molar-refractivity contribution in [3.05, 3.63) is 0 Å². The van der Waals surface area contributed by atoms with Crippen LogP contribution in [0.25, 0.3) is 0 Å². The third kappa shape index (κ3) is 31.6. The van der Waals surface area contributed by atoms with Crippen LogP contribution < -0.4 is 21.3 Å². The predicted molar refractivity (Wildman–Crippen MR) is 338 cm³/mol. The molecule has 3 aliphatic rings. The summed E-state index contributed by atoms with van der Waals surface area (Å²) >= 11 is 2.24. The highest BCUT2D eigenvalue weighted by Crippen LogP contribution is 2.38. The topological polar surface area (TPSA) is 497 Å². The van der Waals surface area contributed by atoms with E-state index in [1.54, 1.807) is 0 Å². The number of ether oxygens (including phenoxy) is 15. The minimum absolute atomic E-state index is 0.0424. The Bertz CT molecular complexity index is 2920. The summed E-state index contributed by atoms with van der Waals surface area (Å²) < 4.78 is 82.4. The van der Waals surface area contributed by atoms with E-state index < -0.39 is 234 Å². The van der Waals surface area contributed by atoms with Crippen LogP contribution >= 0.6 is 35.3 Å². The quantitative estimate of drug-likeness (QED) is 0.0283. The van der Waals surface area contributed by atoms with E-state index >= 15 is 0 Å². The Kier molecular flexibility index (Phi) is 37.5. The fourth-order valence-electron chi connectivity index (χ4n) is 9.98. The number of nitrogens with one attached hydrogen (secondary N) is 4. The third-order valence-corrected chi connectivity index (χ3v) is 17.1. The molecule has 37 nitrogen and oxygen atoms in total. The lowest BCUT2D eigenvalue weighted by Gasteiger charge is -2.44. The molecule has 562 valence electrons. The van der Waals surface area contributed by atoms with Gasteiger partial charge in [-0.25, -0.2) is 4.79 Å². The van der Waals surface area contributed by atoms with Crippen LogP contribution in [0.2, 0.25) is 0 Å². The van der Waals surface area contributed by atoms with Gasteiger partial charge in [0.25, 0.3) is 0 Å². The highest BCUT2D eigenvalue weighted by molar-refractivity contribution is 8.00. The molecule has 0 aromatic rings. The van der Waals surface area contributed by atoms with Crippen LogP contribution in [0.4, 0.5) is 0 Å². The maximum atomic E-state index is 14.2. The molecule has 100 heavy (non-hydrogen) atoms. The molecule has 0 bridgehead atoms. The summed E-state index contributed by atoms with van der Waals surface area (Å²) in [5.74, 6) is -16.1. The maximum absolute atomic E-state index is 14.2. The zero-order valence-electron chi connectivity index (χ0n) is 57.0. The molecule has 3 saturated heterocycles. The van der Waals surface area contributed by atoms with Crippen molar-refractivity contribution < 1.29 is 158 Å². The molecule has 0 aromatic carbocycles. The van der Waals surface area contributed by atoms with Gasteiger partial charge in [-0.1, -0.05) is 0 Å². The van der Waals surface area contributed by atoms with E-state index in [1.807, 2.05) is 0 Å². The molecule has 3 aliphatic heterocycles. The number of carbonyl (C=O) groups excluding carboxylic acids is 16. The normalized spacial score (nSPS) is 25.1. The average Bonchev–Trinajstić information content (AvgIpc) is 0.801. The Morgan fingerprint density at radius 2 is 0.590 bits per heavy atom. The van der Waals surface area contributed by atoms with Crippen LogP contribution in [-0.2, 0) is 153 Å². The number of unbranched alkanes of at least 4 members (excludes halogenated alkanes) is 2. The van der Waals surface area contributed by atoms with Gasteiger partial charge in [-0.2, -0.15) is 0 Å². The van der Waals surface area contributed by atoms with Gasteiger partial charge >= 0.3 is 77.6 Å². The van der Waals surface area contributed by atoms with Crippen LogP contribution in [-0.4, -0.2) is 258 Å². The summed E-state index contributed by atoms with van der Waals surface area (Å²) in [4.78, 5) is 213. The zero-order valence-corrected chi connectivity index (χ0v) is 59.4. The van der Waals surface area contributed by atoms with Crippen LogP contribution in [0.15, 0.2) is 0 Å². The first kappa shape index (κ1) is 86.1. The smallest absolute Gasteiger partial charge is 0.326 e. The Balaban J connectivity index is 1.82. The number of carboxylic acid groups (broad SMARTS) is 1. The molecule has 4 amide bonds. The Hall–Kier alpha value is -8.08. The summed E-state index contributed by atoms with van der Waals surface area (Å²) in [7, 11) is 0. The molecule has 40 heteroatoms. The second kappa shape index (κ2) is 43.6. The van der Waals surface area contributed by atoms with Gasteiger partial charge in [0.2, 0.25) is 23.6 Å². The van der Waals surface area contributed by atoms with Gasteiger partial charge < -0.3 is 97.4 Å². The van der Waals surface area contributed by atoms with Gasteiger partial charge in [0, 0.05) is 96.2 Å². The molecule has 17 atom stereocenters. The number of thioether (sulfide) groups is 3. The van der Waals surface area contributed by atoms with E-state index in [2.05, 4.69) is 21.3 Å². The van der Waals surface area contributed by atoms with Crippen molar-refractivity contribution in [2.45, 2.75) is 223 Å². The van der Waals surface area contributed by atoms with Gasteiger partial charge in [0.1, 0.15) is 66.5 Å². The Morgan fingerprint density at radius 3 is 0.860 bits per heavy atom. The van der Waals surface area contributed by atoms with Crippen LogP contribution in [0.5, 0.6) is 0 Å². The van der Waals surface area contributed by atoms with Gasteiger partial charge in [-0.15, -0.1) is 35.3 Å². The minimum Gasteiger partial charge on any atom is -0.480 e. The number of carboxylic acids is 1. The number of rotatable bonds is 38. The number of amides is 4. The molecule has 5 N–H and O–H groups in total. The third-order valence-electron chi connectivity index (χ3n) is 13.7. The van der Waals surface area contributed by atoms with E-state index in [4.69, 9.17) is 71.1 Å². The SMILES string of the molecule is CC(=O)OC[C@H]1O[C@H](SCC(=O)NCCCC[C@H](NC(=O)[C@H](CCCCNC(=O)CS[C@H]2O[C@H](COC(C)=O)[C@@H](OC(C)=O)[C@H](OC(C)=O)[C@@H]2OC(C)=O)NC(=O)CS[C@H]2O[C@H](COC(C)=O)[C@@H](OC(C)=O)[C@H](OC(C)=O)[C@@H]2OC(C)=O)C(=O)O)[C@@H](OC(C)=O)[C@@H](OC(C)=O)[C@@H]1OC(C)=O. The fourth-order valence-corrected chi connectivity index (χ4v) is 13.1. The van der Waals surface area contributed by atoms with Crippen molar-refractivity contribution in [1.82, 2.24) is 21.3 Å². The second-order valence-corrected chi connectivity index (χ2v) is 25.6. The van der Waals surface area contributed by atoms with Crippen LogP contribution in [0.3, 0.4) is 0 Å². The van der Waals surface area contributed by atoms with Crippen molar-refractivity contribution in [3.63, 3.8) is 0 Å². The zero-order chi connectivity index (χ0) is 75.1. The van der Waals surface area contributed by atoms with Gasteiger partial charge in [-0.3, -0.25) is 76.7 Å². The van der Waals surface area contributed by atoms with E-state index in [1.165, 1.54) is 0 Å². The van der Waals surface area contributed by atoms with E-state index in [9.17, 15) is 86.6 Å². The molecular weight excluding hydrogens is 1400 g/mol. The lowest BCUT2D eigenvalue weighted by molar-refractivity contribution is -0.237. The summed E-state index contributed by atoms with van der Waals surface area (Å²) in [6.07, 6.45) is -17.4. The van der Waals surface area contributed by atoms with Gasteiger partial charge in [-0.05, 0) is 38.5 Å². The summed E-state index contributed by atoms with van der Waals surface area (Å²) in [5, 5.41) is 20.6. The molecule has 0 unspecified atom stereocenters. The van der Waals surface area contributed by atoms with Crippen molar-refractivity contribution >= 4 is 137 Å². The van der Waals surface area contributed by atoms with Crippen molar-refractivity contribution in [1.29, 1.82) is 0 Å². The first-order chi connectivity index (χ1) is 47.0. The highest BCUT2D eigenvalue weighted by Gasteiger charge is 2.55. The number of aliphatic carboxylic acids is 1. The second-order valence-electron chi connectivity index (χ2n) is 22.3. The van der Waals surface area contributed by atoms with E-state index in [-0.39, 0.29) is 57.4 Å². The number of hydrogen-bond acceptors (Lipinski definition) is 35. The standard InChI is InChI=1S/C60H86N4O33S3/c1-27(65)83-21-41-47(86-30(4)68)50(89-33(7)71)53(92-36(10)74)58(95-41)98-24-44(77)61-19-15-13-17-39(63-46(79)26-100-60-55(94-38(12)76)52(91-35(9)73)49(88-32(6)70)43(97-60)23-85-29(3)67)56(80)64-40(57(81)82)18-14-16-20-62-45(78)25-99-59-54(93-37(11)75)51(90-34(8)72)48(87-31(5)69)42(96-59)22-84-28(2)66/h39-43,47-55,58-60H,13-26H2,1-12H3,(H,61,77)(H,62,78)(H,63,79)(H,64,80)(H,81,82)/t39-,40-,41+,42+,43+,47+,48+,49+,50-,51-,52-,53-,54-,55-,58+,59+,60+/m0/s1. The van der Waals surface area contributed by atoms with E-state index in [0.717, 1.165) is 107 Å². The maximum Gasteiger partial charge on any atom is 0.326 e. The molecule has 0 aromatic heterocycles. The lowest BCUT2D eigenvalue weighted by atomic mass is 9.99. The molecule has 3 rings (SSSR count). The molecular formula is C60H86N4O33S3. The van der Waals surface area contributed by atoms with Crippen LogP contribution in [0.1, 0.15) is 122 Å². The summed E-state index contributed by atoms with van der Waals surface area (Å²) in [6, 6.07) is -3.09. The molecule has 0 spiro atoms. The Labute approximate surface area is 586 Å². The highest BCUT2D eigenvalue weighted by atomic mass is 32.2. The summed E-state index contributed by atoms with van der Waals surface area (Å²) in [5.41, 5.74) is -3.97. The first-order valence-corrected chi connectivity index (χ1v) is 34.2. The number of esters is 12. The first-order valence-electron chi connectivity index (χ1n) is 31.1. The Morgan fingerprint density at radius 1 is 0.330 bits per heavy atom. The lowest BCUT2D eigenvalue weighted by Crippen LogP contribution is -2.61. The van der Waals surface area contributed by atoms with Crippen molar-refractivity contribution in [2.75, 3.05) is 50.2 Å². The molecule has 0 radical (unpaired) electrons. The predicted octanol–water partition coefficient (Wildman–Crippen LogP) is -0.938. The average molecular weight is 1490 g/mol. The molecule has 3 heterocycles. The van der Waals surface area contributed by atoms with Gasteiger partial charge in [0.05, 0.1) is 17.3 Å². The van der Waals surface area contributed by atoms with Crippen molar-refractivity contribution in [3.8, 4) is 0 Å². The molecule has 0 saturated carbocycles. The van der Waals surface area contributed by atoms with Gasteiger partial charge in [0.15, 0.2) is 54.9 Å². The largest absolute Gasteiger partial charge is 0.480 e. The minimum atomic E-state index is -1.59. The monoisotopic (exact) mass is 1490 g/mol. The molecule has 3 fully saturated rings. The number of carbonyl (C=O) groups is 17.